The summed E-state index contributed by atoms with van der Waals surface area (Å²) in [5.74, 6) is 0.459. The maximum Gasteiger partial charge on any atom is 0.315 e. The highest BCUT2D eigenvalue weighted by Crippen LogP contribution is 2.15. The summed E-state index contributed by atoms with van der Waals surface area (Å²) in [6.07, 6.45) is 4.12. The Kier molecular flexibility index (Phi) is 5.89. The molecule has 5 nitrogen and oxygen atoms in total. The lowest BCUT2D eigenvalue weighted by Crippen LogP contribution is -2.43. The van der Waals surface area contributed by atoms with E-state index in [4.69, 9.17) is 0 Å². The molecule has 0 spiro atoms. The maximum absolute atomic E-state index is 11.8. The number of hydrogen-bond acceptors (Lipinski definition) is 3. The van der Waals surface area contributed by atoms with Gasteiger partial charge in [0.2, 0.25) is 0 Å². The van der Waals surface area contributed by atoms with Gasteiger partial charge >= 0.3 is 6.03 Å². The van der Waals surface area contributed by atoms with Crippen molar-refractivity contribution in [2.45, 2.75) is 19.4 Å². The normalized spacial score (nSPS) is 13.5. The Labute approximate surface area is 133 Å². The summed E-state index contributed by atoms with van der Waals surface area (Å²) in [6, 6.07) is 9.65. The lowest BCUT2D eigenvalue weighted by molar-refractivity contribution is 0.239. The van der Waals surface area contributed by atoms with Crippen LogP contribution < -0.4 is 10.6 Å². The van der Waals surface area contributed by atoms with Crippen molar-refractivity contribution in [3.8, 4) is 0 Å². The van der Waals surface area contributed by atoms with Gasteiger partial charge in [0.05, 0.1) is 5.52 Å². The second-order valence-electron chi connectivity index (χ2n) is 5.28. The SMILES string of the molecule is CC(CS(C)=O)NC(=O)NCCc1cccc2cccnc12. The third-order valence-corrected chi connectivity index (χ3v) is 4.23. The predicted molar refractivity (Wildman–Crippen MR) is 90.4 cm³/mol. The average molecular weight is 319 g/mol. The van der Waals surface area contributed by atoms with E-state index in [1.807, 2.05) is 37.3 Å². The van der Waals surface area contributed by atoms with Crippen LogP contribution in [0.1, 0.15) is 12.5 Å². The van der Waals surface area contributed by atoms with Crippen LogP contribution in [-0.4, -0.2) is 39.8 Å². The fourth-order valence-corrected chi connectivity index (χ4v) is 3.14. The number of nitrogens with one attached hydrogen (secondary N) is 2. The van der Waals surface area contributed by atoms with Crippen LogP contribution in [0.3, 0.4) is 0 Å². The summed E-state index contributed by atoms with van der Waals surface area (Å²) >= 11 is 0. The largest absolute Gasteiger partial charge is 0.338 e. The van der Waals surface area contributed by atoms with Crippen LogP contribution in [-0.2, 0) is 17.2 Å². The van der Waals surface area contributed by atoms with E-state index in [1.54, 1.807) is 12.5 Å². The van der Waals surface area contributed by atoms with Crippen LogP contribution in [0, 0.1) is 0 Å². The Hall–Kier alpha value is -1.95. The molecule has 0 bridgehead atoms. The second kappa shape index (κ2) is 7.89. The number of carbonyl (C=O) groups is 1. The Balaban J connectivity index is 1.85. The summed E-state index contributed by atoms with van der Waals surface area (Å²) in [5, 5.41) is 6.70. The molecule has 0 saturated heterocycles. The average Bonchev–Trinajstić information content (AvgIpc) is 2.46. The molecule has 0 aliphatic rings. The number of urea groups is 1. The quantitative estimate of drug-likeness (QED) is 0.853. The zero-order valence-electron chi connectivity index (χ0n) is 12.8. The molecule has 2 N–H and O–H groups in total. The van der Waals surface area contributed by atoms with E-state index in [0.29, 0.717) is 12.3 Å². The number of hydrogen-bond donors (Lipinski definition) is 2. The molecule has 6 heteroatoms. The van der Waals surface area contributed by atoms with Gasteiger partial charge in [-0.3, -0.25) is 9.19 Å². The van der Waals surface area contributed by atoms with Crippen LogP contribution in [0.15, 0.2) is 36.5 Å². The number of fused-ring (bicyclic) bond motifs is 1. The Morgan fingerprint density at radius 2 is 2.09 bits per heavy atom. The lowest BCUT2D eigenvalue weighted by Gasteiger charge is -2.13. The molecule has 2 aromatic rings. The molecule has 0 saturated carbocycles. The fraction of sp³-hybridized carbons (Fsp3) is 0.375. The van der Waals surface area contributed by atoms with Crippen LogP contribution >= 0.6 is 0 Å². The Bertz CT molecular complexity index is 670. The lowest BCUT2D eigenvalue weighted by atomic mass is 10.1. The Morgan fingerprint density at radius 3 is 2.86 bits per heavy atom. The predicted octanol–water partition coefficient (Wildman–Crippen LogP) is 1.84. The number of pyridine rings is 1. The van der Waals surface area contributed by atoms with E-state index in [0.717, 1.165) is 22.9 Å². The number of aromatic nitrogens is 1. The molecule has 1 heterocycles. The zero-order valence-corrected chi connectivity index (χ0v) is 13.7. The van der Waals surface area contributed by atoms with Crippen molar-refractivity contribution in [1.29, 1.82) is 0 Å². The molecule has 1 aromatic heterocycles. The second-order valence-corrected chi connectivity index (χ2v) is 6.76. The minimum absolute atomic E-state index is 0.106. The molecule has 2 rings (SSSR count). The first-order valence-electron chi connectivity index (χ1n) is 7.23. The summed E-state index contributed by atoms with van der Waals surface area (Å²) in [6.45, 7) is 2.37. The van der Waals surface area contributed by atoms with Crippen molar-refractivity contribution in [1.82, 2.24) is 15.6 Å². The highest BCUT2D eigenvalue weighted by atomic mass is 32.2. The molecular weight excluding hydrogens is 298 g/mol. The van der Waals surface area contributed by atoms with Gasteiger partial charge in [-0.15, -0.1) is 0 Å². The van der Waals surface area contributed by atoms with E-state index < -0.39 is 10.8 Å². The van der Waals surface area contributed by atoms with Crippen molar-refractivity contribution in [3.05, 3.63) is 42.1 Å². The van der Waals surface area contributed by atoms with Gasteiger partial charge in [0.15, 0.2) is 0 Å². The van der Waals surface area contributed by atoms with Crippen LogP contribution in [0.5, 0.6) is 0 Å². The molecule has 2 atom stereocenters. The number of carbonyl (C=O) groups excluding carboxylic acids is 1. The first kappa shape index (κ1) is 16.4. The summed E-state index contributed by atoms with van der Waals surface area (Å²) in [4.78, 5) is 16.1. The molecule has 2 unspecified atom stereocenters. The molecule has 118 valence electrons. The highest BCUT2D eigenvalue weighted by Gasteiger charge is 2.08. The van der Waals surface area contributed by atoms with Crippen molar-refractivity contribution < 1.29 is 9.00 Å². The zero-order chi connectivity index (χ0) is 15.9. The third kappa shape index (κ3) is 4.80. The van der Waals surface area contributed by atoms with Gasteiger partial charge in [0, 0.05) is 47.0 Å². The summed E-state index contributed by atoms with van der Waals surface area (Å²) in [7, 11) is -0.914. The molecule has 0 aliphatic carbocycles. The summed E-state index contributed by atoms with van der Waals surface area (Å²) in [5.41, 5.74) is 2.09. The van der Waals surface area contributed by atoms with E-state index in [9.17, 15) is 9.00 Å². The Morgan fingerprint density at radius 1 is 1.32 bits per heavy atom. The van der Waals surface area contributed by atoms with Crippen molar-refractivity contribution in [2.75, 3.05) is 18.6 Å². The third-order valence-electron chi connectivity index (χ3n) is 3.26. The highest BCUT2D eigenvalue weighted by molar-refractivity contribution is 7.84. The van der Waals surface area contributed by atoms with Gasteiger partial charge in [-0.2, -0.15) is 0 Å². The number of para-hydroxylation sites is 1. The van der Waals surface area contributed by atoms with Gasteiger partial charge in [0.1, 0.15) is 0 Å². The van der Waals surface area contributed by atoms with Gasteiger partial charge in [-0.1, -0.05) is 24.3 Å². The minimum atomic E-state index is -0.914. The molecule has 0 aliphatic heterocycles. The van der Waals surface area contributed by atoms with E-state index in [2.05, 4.69) is 15.6 Å². The van der Waals surface area contributed by atoms with Crippen LogP contribution in [0.2, 0.25) is 0 Å². The van der Waals surface area contributed by atoms with Crippen molar-refractivity contribution in [2.24, 2.45) is 0 Å². The van der Waals surface area contributed by atoms with E-state index in [-0.39, 0.29) is 12.1 Å². The molecule has 22 heavy (non-hydrogen) atoms. The number of amides is 2. The van der Waals surface area contributed by atoms with Crippen molar-refractivity contribution in [3.63, 3.8) is 0 Å². The molecule has 0 fully saturated rings. The van der Waals surface area contributed by atoms with Crippen molar-refractivity contribution >= 4 is 27.7 Å². The molecule has 0 radical (unpaired) electrons. The number of rotatable bonds is 6. The first-order valence-corrected chi connectivity index (χ1v) is 8.96. The van der Waals surface area contributed by atoms with Crippen LogP contribution in [0.4, 0.5) is 4.79 Å². The van der Waals surface area contributed by atoms with Gasteiger partial charge < -0.3 is 10.6 Å². The summed E-state index contributed by atoms with van der Waals surface area (Å²) < 4.78 is 11.1. The van der Waals surface area contributed by atoms with Gasteiger partial charge in [-0.25, -0.2) is 4.79 Å². The van der Waals surface area contributed by atoms with Crippen LogP contribution in [0.25, 0.3) is 10.9 Å². The monoisotopic (exact) mass is 319 g/mol. The first-order chi connectivity index (χ1) is 10.6. The van der Waals surface area contributed by atoms with E-state index >= 15 is 0 Å². The van der Waals surface area contributed by atoms with E-state index in [1.165, 1.54) is 0 Å². The minimum Gasteiger partial charge on any atom is -0.338 e. The number of benzene rings is 1. The van der Waals surface area contributed by atoms with Gasteiger partial charge in [0.25, 0.3) is 0 Å². The molecular formula is C16H21N3O2S. The smallest absolute Gasteiger partial charge is 0.315 e. The van der Waals surface area contributed by atoms with Gasteiger partial charge in [-0.05, 0) is 25.0 Å². The fourth-order valence-electron chi connectivity index (χ4n) is 2.35. The molecule has 2 amide bonds. The maximum atomic E-state index is 11.8. The molecule has 1 aromatic carbocycles. The topological polar surface area (TPSA) is 71.1 Å². The standard InChI is InChI=1S/C16H21N3O2S/c1-12(11-22(2)21)19-16(20)18-10-8-14-6-3-5-13-7-4-9-17-15(13)14/h3-7,9,12H,8,10-11H2,1-2H3,(H2,18,19,20). The number of nitrogens with zero attached hydrogens (tertiary/aromatic N) is 1.